The first kappa shape index (κ1) is 13.6. The fourth-order valence-electron chi connectivity index (χ4n) is 2.71. The lowest BCUT2D eigenvalue weighted by Crippen LogP contribution is -2.23. The number of likely N-dealkylation sites (N-methyl/N-ethyl adjacent to an activating group) is 1. The lowest BCUT2D eigenvalue weighted by atomic mass is 9.90. The van der Waals surface area contributed by atoms with Gasteiger partial charge in [-0.15, -0.1) is 0 Å². The molecule has 0 saturated heterocycles. The zero-order valence-electron chi connectivity index (χ0n) is 11.5. The SMILES string of the molecule is CN(CCCO)CCc1ccc2c(c1)CCCC2. The molecule has 0 aromatic heterocycles. The Hall–Kier alpha value is -0.860. The van der Waals surface area contributed by atoms with Gasteiger partial charge in [0.05, 0.1) is 0 Å². The normalized spacial score (nSPS) is 14.8. The molecule has 0 radical (unpaired) electrons. The molecule has 0 spiro atoms. The van der Waals surface area contributed by atoms with Crippen LogP contribution >= 0.6 is 0 Å². The number of hydrogen-bond acceptors (Lipinski definition) is 2. The third-order valence-corrected chi connectivity index (χ3v) is 3.89. The molecule has 1 aliphatic carbocycles. The van der Waals surface area contributed by atoms with Gasteiger partial charge in [0.25, 0.3) is 0 Å². The van der Waals surface area contributed by atoms with E-state index in [0.29, 0.717) is 6.61 Å². The van der Waals surface area contributed by atoms with E-state index in [1.54, 1.807) is 11.1 Å². The minimum Gasteiger partial charge on any atom is -0.396 e. The first-order valence-electron chi connectivity index (χ1n) is 7.19. The molecule has 0 heterocycles. The van der Waals surface area contributed by atoms with E-state index in [2.05, 4.69) is 30.1 Å². The number of aryl methyl sites for hydroxylation is 2. The summed E-state index contributed by atoms with van der Waals surface area (Å²) in [5.41, 5.74) is 4.61. The number of fused-ring (bicyclic) bond motifs is 1. The van der Waals surface area contributed by atoms with Gasteiger partial charge in [-0.2, -0.15) is 0 Å². The number of aliphatic hydroxyl groups is 1. The van der Waals surface area contributed by atoms with E-state index in [4.69, 9.17) is 5.11 Å². The summed E-state index contributed by atoms with van der Waals surface area (Å²) >= 11 is 0. The van der Waals surface area contributed by atoms with Crippen molar-refractivity contribution >= 4 is 0 Å². The fourth-order valence-corrected chi connectivity index (χ4v) is 2.71. The summed E-state index contributed by atoms with van der Waals surface area (Å²) in [4.78, 5) is 2.30. The Morgan fingerprint density at radius 3 is 2.67 bits per heavy atom. The molecule has 1 N–H and O–H groups in total. The van der Waals surface area contributed by atoms with Gasteiger partial charge in [-0.3, -0.25) is 0 Å². The van der Waals surface area contributed by atoms with Gasteiger partial charge in [0.1, 0.15) is 0 Å². The van der Waals surface area contributed by atoms with Crippen LogP contribution in [-0.4, -0.2) is 36.8 Å². The van der Waals surface area contributed by atoms with Gasteiger partial charge in [0.15, 0.2) is 0 Å². The summed E-state index contributed by atoms with van der Waals surface area (Å²) in [6.45, 7) is 2.36. The number of hydrogen-bond donors (Lipinski definition) is 1. The summed E-state index contributed by atoms with van der Waals surface area (Å²) in [6, 6.07) is 7.04. The Kier molecular flexibility index (Phi) is 5.21. The van der Waals surface area contributed by atoms with E-state index >= 15 is 0 Å². The van der Waals surface area contributed by atoms with E-state index in [9.17, 15) is 0 Å². The van der Waals surface area contributed by atoms with Crippen molar-refractivity contribution in [2.45, 2.75) is 38.5 Å². The van der Waals surface area contributed by atoms with Crippen LogP contribution in [0.5, 0.6) is 0 Å². The van der Waals surface area contributed by atoms with E-state index in [0.717, 1.165) is 25.9 Å². The first-order chi connectivity index (χ1) is 8.79. The molecule has 2 rings (SSSR count). The van der Waals surface area contributed by atoms with Gasteiger partial charge in [-0.1, -0.05) is 18.2 Å². The van der Waals surface area contributed by atoms with Crippen LogP contribution in [-0.2, 0) is 19.3 Å². The van der Waals surface area contributed by atoms with Crippen LogP contribution in [0.1, 0.15) is 36.0 Å². The predicted octanol–water partition coefficient (Wildman–Crippen LogP) is 2.42. The molecule has 1 aromatic rings. The number of rotatable bonds is 6. The Bertz CT molecular complexity index is 375. The lowest BCUT2D eigenvalue weighted by molar-refractivity contribution is 0.248. The molecule has 1 aromatic carbocycles. The lowest BCUT2D eigenvalue weighted by Gasteiger charge is -2.18. The maximum atomic E-state index is 8.81. The van der Waals surface area contributed by atoms with E-state index < -0.39 is 0 Å². The molecule has 0 aliphatic heterocycles. The average Bonchev–Trinajstić information content (AvgIpc) is 2.42. The van der Waals surface area contributed by atoms with Crippen LogP contribution in [0.15, 0.2) is 18.2 Å². The van der Waals surface area contributed by atoms with Gasteiger partial charge < -0.3 is 10.0 Å². The third kappa shape index (κ3) is 3.82. The van der Waals surface area contributed by atoms with Crippen molar-refractivity contribution in [3.63, 3.8) is 0 Å². The summed E-state index contributed by atoms with van der Waals surface area (Å²) in [6.07, 6.45) is 7.24. The summed E-state index contributed by atoms with van der Waals surface area (Å²) in [7, 11) is 2.13. The maximum Gasteiger partial charge on any atom is 0.0443 e. The molecule has 0 amide bonds. The van der Waals surface area contributed by atoms with E-state index in [-0.39, 0.29) is 0 Å². The molecule has 0 saturated carbocycles. The highest BCUT2D eigenvalue weighted by molar-refractivity contribution is 5.33. The quantitative estimate of drug-likeness (QED) is 0.834. The predicted molar refractivity (Wildman–Crippen MR) is 76.0 cm³/mol. The molecule has 100 valence electrons. The maximum absolute atomic E-state index is 8.81. The van der Waals surface area contributed by atoms with E-state index in [1.807, 2.05) is 0 Å². The van der Waals surface area contributed by atoms with Crippen molar-refractivity contribution in [1.29, 1.82) is 0 Å². The Morgan fingerprint density at radius 1 is 1.11 bits per heavy atom. The highest BCUT2D eigenvalue weighted by Crippen LogP contribution is 2.22. The van der Waals surface area contributed by atoms with Gasteiger partial charge in [-0.25, -0.2) is 0 Å². The third-order valence-electron chi connectivity index (χ3n) is 3.89. The second-order valence-corrected chi connectivity index (χ2v) is 5.44. The Balaban J connectivity index is 1.86. The van der Waals surface area contributed by atoms with Gasteiger partial charge >= 0.3 is 0 Å². The molecular formula is C16H25NO. The van der Waals surface area contributed by atoms with Crippen LogP contribution in [0.3, 0.4) is 0 Å². The minimum atomic E-state index is 0.295. The van der Waals surface area contributed by atoms with Crippen molar-refractivity contribution < 1.29 is 5.11 Å². The second kappa shape index (κ2) is 6.91. The van der Waals surface area contributed by atoms with Crippen molar-refractivity contribution in [2.24, 2.45) is 0 Å². The topological polar surface area (TPSA) is 23.5 Å². The summed E-state index contributed by atoms with van der Waals surface area (Å²) < 4.78 is 0. The average molecular weight is 247 g/mol. The zero-order chi connectivity index (χ0) is 12.8. The Labute approximate surface area is 111 Å². The molecule has 18 heavy (non-hydrogen) atoms. The van der Waals surface area contributed by atoms with Crippen LogP contribution in [0, 0.1) is 0 Å². The first-order valence-corrected chi connectivity index (χ1v) is 7.19. The molecule has 1 aliphatic rings. The molecule has 0 fully saturated rings. The number of benzene rings is 1. The highest BCUT2D eigenvalue weighted by Gasteiger charge is 2.09. The highest BCUT2D eigenvalue weighted by atomic mass is 16.3. The zero-order valence-corrected chi connectivity index (χ0v) is 11.5. The second-order valence-electron chi connectivity index (χ2n) is 5.44. The minimum absolute atomic E-state index is 0.295. The molecule has 2 heteroatoms. The van der Waals surface area contributed by atoms with Crippen molar-refractivity contribution in [1.82, 2.24) is 4.90 Å². The van der Waals surface area contributed by atoms with Crippen LogP contribution in [0.4, 0.5) is 0 Å². The van der Waals surface area contributed by atoms with Crippen LogP contribution < -0.4 is 0 Å². The largest absolute Gasteiger partial charge is 0.396 e. The number of aliphatic hydroxyl groups excluding tert-OH is 1. The number of nitrogens with zero attached hydrogens (tertiary/aromatic N) is 1. The molecular weight excluding hydrogens is 222 g/mol. The Morgan fingerprint density at radius 2 is 1.89 bits per heavy atom. The molecule has 0 unspecified atom stereocenters. The van der Waals surface area contributed by atoms with Crippen molar-refractivity contribution in [3.8, 4) is 0 Å². The van der Waals surface area contributed by atoms with Crippen LogP contribution in [0.25, 0.3) is 0 Å². The van der Waals surface area contributed by atoms with Gasteiger partial charge in [0, 0.05) is 19.7 Å². The van der Waals surface area contributed by atoms with Gasteiger partial charge in [0.2, 0.25) is 0 Å². The molecule has 0 atom stereocenters. The summed E-state index contributed by atoms with van der Waals surface area (Å²) in [5.74, 6) is 0. The van der Waals surface area contributed by atoms with Crippen molar-refractivity contribution in [3.05, 3.63) is 34.9 Å². The molecule has 2 nitrogen and oxygen atoms in total. The monoisotopic (exact) mass is 247 g/mol. The molecule has 0 bridgehead atoms. The van der Waals surface area contributed by atoms with Gasteiger partial charge in [-0.05, 0) is 62.3 Å². The van der Waals surface area contributed by atoms with E-state index in [1.165, 1.54) is 31.2 Å². The standard InChI is InChI=1S/C16H25NO/c1-17(10-4-12-18)11-9-14-7-8-15-5-2-3-6-16(15)13-14/h7-8,13,18H,2-6,9-12H2,1H3. The summed E-state index contributed by atoms with van der Waals surface area (Å²) in [5, 5.41) is 8.81. The van der Waals surface area contributed by atoms with Crippen LogP contribution in [0.2, 0.25) is 0 Å². The fraction of sp³-hybridized carbons (Fsp3) is 0.625. The smallest absolute Gasteiger partial charge is 0.0443 e. The van der Waals surface area contributed by atoms with Crippen molar-refractivity contribution in [2.75, 3.05) is 26.7 Å².